The van der Waals surface area contributed by atoms with Crippen molar-refractivity contribution in [1.82, 2.24) is 9.55 Å². The Hall–Kier alpha value is -2.20. The summed E-state index contributed by atoms with van der Waals surface area (Å²) in [6, 6.07) is 11.4. The predicted molar refractivity (Wildman–Crippen MR) is 84.5 cm³/mol. The lowest BCUT2D eigenvalue weighted by Gasteiger charge is -2.10. The third-order valence-electron chi connectivity index (χ3n) is 3.87. The first-order valence-electron chi connectivity index (χ1n) is 6.90. The molecule has 0 saturated heterocycles. The number of hydrogen-bond donors (Lipinski definition) is 2. The molecule has 5 heteroatoms. The second kappa shape index (κ2) is 4.40. The van der Waals surface area contributed by atoms with Crippen LogP contribution in [-0.4, -0.2) is 14.7 Å². The molecule has 1 fully saturated rings. The van der Waals surface area contributed by atoms with E-state index in [2.05, 4.69) is 9.55 Å². The standard InChI is InChI=1S/C16H14ClN3O/c17-9-4-7-13-14(8-9)20(10-5-6-10)16(19-13)11-2-1-3-12(18)15(11)21/h1-4,7-8,10,21H,5-6,18H2. The van der Waals surface area contributed by atoms with Crippen LogP contribution in [0.1, 0.15) is 18.9 Å². The van der Waals surface area contributed by atoms with Gasteiger partial charge in [-0.1, -0.05) is 17.7 Å². The van der Waals surface area contributed by atoms with Crippen molar-refractivity contribution in [2.45, 2.75) is 18.9 Å². The van der Waals surface area contributed by atoms with Crippen LogP contribution in [0.25, 0.3) is 22.4 Å². The summed E-state index contributed by atoms with van der Waals surface area (Å²) in [5, 5.41) is 10.9. The van der Waals surface area contributed by atoms with Gasteiger partial charge in [0.25, 0.3) is 0 Å². The summed E-state index contributed by atoms with van der Waals surface area (Å²) >= 11 is 6.12. The van der Waals surface area contributed by atoms with E-state index >= 15 is 0 Å². The second-order valence-corrected chi connectivity index (χ2v) is 5.85. The molecule has 4 nitrogen and oxygen atoms in total. The highest BCUT2D eigenvalue weighted by molar-refractivity contribution is 6.31. The number of aromatic nitrogens is 2. The number of fused-ring (bicyclic) bond motifs is 1. The minimum Gasteiger partial charge on any atom is -0.505 e. The number of rotatable bonds is 2. The van der Waals surface area contributed by atoms with E-state index in [9.17, 15) is 5.11 Å². The minimum atomic E-state index is 0.0841. The number of benzene rings is 2. The topological polar surface area (TPSA) is 64.1 Å². The molecule has 3 N–H and O–H groups in total. The van der Waals surface area contributed by atoms with Crippen LogP contribution in [0.4, 0.5) is 5.69 Å². The molecule has 4 rings (SSSR count). The van der Waals surface area contributed by atoms with Crippen molar-refractivity contribution in [1.29, 1.82) is 0 Å². The lowest BCUT2D eigenvalue weighted by Crippen LogP contribution is -1.98. The fraction of sp³-hybridized carbons (Fsp3) is 0.188. The molecule has 0 bridgehead atoms. The van der Waals surface area contributed by atoms with E-state index in [1.807, 2.05) is 30.3 Å². The first-order valence-corrected chi connectivity index (χ1v) is 7.28. The van der Waals surface area contributed by atoms with Gasteiger partial charge >= 0.3 is 0 Å². The SMILES string of the molecule is Nc1cccc(-c2nc3ccc(Cl)cc3n2C2CC2)c1O. The Morgan fingerprint density at radius 3 is 2.81 bits per heavy atom. The molecule has 0 spiro atoms. The smallest absolute Gasteiger partial charge is 0.149 e. The van der Waals surface area contributed by atoms with Crippen LogP contribution in [-0.2, 0) is 0 Å². The largest absolute Gasteiger partial charge is 0.505 e. The molecule has 0 aliphatic heterocycles. The zero-order chi connectivity index (χ0) is 14.6. The number of anilines is 1. The van der Waals surface area contributed by atoms with E-state index < -0.39 is 0 Å². The molecule has 1 saturated carbocycles. The highest BCUT2D eigenvalue weighted by Gasteiger charge is 2.29. The van der Waals surface area contributed by atoms with Crippen molar-refractivity contribution in [3.05, 3.63) is 41.4 Å². The van der Waals surface area contributed by atoms with Gasteiger partial charge in [0.1, 0.15) is 11.6 Å². The van der Waals surface area contributed by atoms with Crippen LogP contribution in [0.3, 0.4) is 0 Å². The molecule has 0 radical (unpaired) electrons. The predicted octanol–water partition coefficient (Wildman–Crippen LogP) is 3.98. The molecule has 0 atom stereocenters. The number of phenols is 1. The average molecular weight is 300 g/mol. The molecule has 0 amide bonds. The summed E-state index contributed by atoms with van der Waals surface area (Å²) in [7, 11) is 0. The first kappa shape index (κ1) is 12.5. The number of halogens is 1. The number of nitrogens with zero attached hydrogens (tertiary/aromatic N) is 2. The fourth-order valence-electron chi connectivity index (χ4n) is 2.70. The maximum Gasteiger partial charge on any atom is 0.149 e. The highest BCUT2D eigenvalue weighted by Crippen LogP contribution is 2.44. The maximum absolute atomic E-state index is 10.3. The highest BCUT2D eigenvalue weighted by atomic mass is 35.5. The Balaban J connectivity index is 2.04. The van der Waals surface area contributed by atoms with E-state index in [-0.39, 0.29) is 5.75 Å². The van der Waals surface area contributed by atoms with Crippen molar-refractivity contribution in [2.75, 3.05) is 5.73 Å². The quantitative estimate of drug-likeness (QED) is 0.556. The molecule has 1 aliphatic carbocycles. The molecule has 3 aromatic rings. The molecule has 2 aromatic carbocycles. The summed E-state index contributed by atoms with van der Waals surface area (Å²) in [4.78, 5) is 4.68. The normalized spacial score (nSPS) is 14.7. The summed E-state index contributed by atoms with van der Waals surface area (Å²) < 4.78 is 2.16. The second-order valence-electron chi connectivity index (χ2n) is 5.41. The lowest BCUT2D eigenvalue weighted by molar-refractivity contribution is 0.479. The Morgan fingerprint density at radius 1 is 1.24 bits per heavy atom. The van der Waals surface area contributed by atoms with Crippen LogP contribution in [0.5, 0.6) is 5.75 Å². The van der Waals surface area contributed by atoms with Crippen LogP contribution in [0, 0.1) is 0 Å². The first-order chi connectivity index (χ1) is 10.1. The van der Waals surface area contributed by atoms with Crippen LogP contribution in [0.2, 0.25) is 5.02 Å². The zero-order valence-electron chi connectivity index (χ0n) is 11.3. The molecular formula is C16H14ClN3O. The van der Waals surface area contributed by atoms with E-state index in [4.69, 9.17) is 17.3 Å². The van der Waals surface area contributed by atoms with Gasteiger partial charge in [-0.25, -0.2) is 4.98 Å². The van der Waals surface area contributed by atoms with Gasteiger partial charge in [0.15, 0.2) is 0 Å². The van der Waals surface area contributed by atoms with Gasteiger partial charge in [0.05, 0.1) is 22.3 Å². The van der Waals surface area contributed by atoms with Crippen LogP contribution < -0.4 is 5.73 Å². The number of imidazole rings is 1. The van der Waals surface area contributed by atoms with Gasteiger partial charge in [-0.15, -0.1) is 0 Å². The minimum absolute atomic E-state index is 0.0841. The van der Waals surface area contributed by atoms with Crippen LogP contribution >= 0.6 is 11.6 Å². The summed E-state index contributed by atoms with van der Waals surface area (Å²) in [5.41, 5.74) is 8.71. The van der Waals surface area contributed by atoms with Crippen LogP contribution in [0.15, 0.2) is 36.4 Å². The van der Waals surface area contributed by atoms with Gasteiger partial charge in [0, 0.05) is 11.1 Å². The Morgan fingerprint density at radius 2 is 2.05 bits per heavy atom. The summed E-state index contributed by atoms with van der Waals surface area (Å²) in [6.45, 7) is 0. The monoisotopic (exact) mass is 299 g/mol. The van der Waals surface area contributed by atoms with Gasteiger partial charge in [0.2, 0.25) is 0 Å². The number of nitrogen functional groups attached to an aromatic ring is 1. The molecule has 1 aromatic heterocycles. The fourth-order valence-corrected chi connectivity index (χ4v) is 2.87. The lowest BCUT2D eigenvalue weighted by atomic mass is 10.1. The molecule has 1 aliphatic rings. The summed E-state index contributed by atoms with van der Waals surface area (Å²) in [5.74, 6) is 0.834. The number of para-hydroxylation sites is 1. The molecular weight excluding hydrogens is 286 g/mol. The molecule has 1 heterocycles. The zero-order valence-corrected chi connectivity index (χ0v) is 12.0. The van der Waals surface area contributed by atoms with E-state index in [1.54, 1.807) is 6.07 Å². The van der Waals surface area contributed by atoms with Gasteiger partial charge in [-0.3, -0.25) is 0 Å². The Bertz CT molecular complexity index is 852. The number of hydrogen-bond acceptors (Lipinski definition) is 3. The maximum atomic E-state index is 10.3. The third-order valence-corrected chi connectivity index (χ3v) is 4.11. The van der Waals surface area contributed by atoms with Gasteiger partial charge in [-0.2, -0.15) is 0 Å². The van der Waals surface area contributed by atoms with Crippen molar-refractivity contribution < 1.29 is 5.11 Å². The van der Waals surface area contributed by atoms with E-state index in [0.29, 0.717) is 22.3 Å². The Kier molecular flexibility index (Phi) is 2.62. The van der Waals surface area contributed by atoms with Gasteiger partial charge < -0.3 is 15.4 Å². The molecule has 106 valence electrons. The Labute approximate surface area is 126 Å². The van der Waals surface area contributed by atoms with E-state index in [0.717, 1.165) is 29.7 Å². The summed E-state index contributed by atoms with van der Waals surface area (Å²) in [6.07, 6.45) is 2.24. The molecule has 0 unspecified atom stereocenters. The third kappa shape index (κ3) is 1.94. The average Bonchev–Trinajstić information content (AvgIpc) is 3.23. The van der Waals surface area contributed by atoms with Crippen molar-refractivity contribution in [2.24, 2.45) is 0 Å². The number of phenolic OH excluding ortho intramolecular Hbond substituents is 1. The van der Waals surface area contributed by atoms with E-state index in [1.165, 1.54) is 0 Å². The van der Waals surface area contributed by atoms with Crippen molar-refractivity contribution in [3.63, 3.8) is 0 Å². The van der Waals surface area contributed by atoms with Gasteiger partial charge in [-0.05, 0) is 43.2 Å². The number of aromatic hydroxyl groups is 1. The van der Waals surface area contributed by atoms with Crippen molar-refractivity contribution in [3.8, 4) is 17.1 Å². The number of nitrogens with two attached hydrogens (primary N) is 1. The molecule has 21 heavy (non-hydrogen) atoms. The van der Waals surface area contributed by atoms with Crippen molar-refractivity contribution >= 4 is 28.3 Å².